The van der Waals surface area contributed by atoms with Crippen molar-refractivity contribution in [3.63, 3.8) is 0 Å². The zero-order valence-electron chi connectivity index (χ0n) is 12.7. The lowest BCUT2D eigenvalue weighted by atomic mass is 10.0. The predicted octanol–water partition coefficient (Wildman–Crippen LogP) is 3.09. The molecule has 0 spiro atoms. The molecular weight excluding hydrogens is 252 g/mol. The van der Waals surface area contributed by atoms with Gasteiger partial charge < -0.3 is 15.7 Å². The Balaban J connectivity index is 2.79. The largest absolute Gasteiger partial charge is 0.396 e. The van der Waals surface area contributed by atoms with Gasteiger partial charge in [0.15, 0.2) is 0 Å². The maximum Gasteiger partial charge on any atom is 0.319 e. The Bertz CT molecular complexity index is 410. The van der Waals surface area contributed by atoms with E-state index in [0.29, 0.717) is 6.42 Å². The Morgan fingerprint density at radius 3 is 2.25 bits per heavy atom. The first-order valence-electron chi connectivity index (χ1n) is 7.45. The quantitative estimate of drug-likeness (QED) is 0.717. The molecule has 3 N–H and O–H groups in total. The van der Waals surface area contributed by atoms with Crippen LogP contribution in [0, 0.1) is 0 Å². The number of carbonyl (C=O) groups is 1. The van der Waals surface area contributed by atoms with Gasteiger partial charge in [-0.15, -0.1) is 0 Å². The molecule has 0 aliphatic heterocycles. The second kappa shape index (κ2) is 8.59. The van der Waals surface area contributed by atoms with Crippen molar-refractivity contribution in [1.82, 2.24) is 5.32 Å². The monoisotopic (exact) mass is 278 g/mol. The maximum atomic E-state index is 12.1. The third-order valence-corrected chi connectivity index (χ3v) is 3.54. The number of hydrogen-bond acceptors (Lipinski definition) is 2. The summed E-state index contributed by atoms with van der Waals surface area (Å²) in [5, 5.41) is 14.8. The highest BCUT2D eigenvalue weighted by Crippen LogP contribution is 2.22. The summed E-state index contributed by atoms with van der Waals surface area (Å²) in [5.41, 5.74) is 3.22. The molecule has 0 bridgehead atoms. The molecule has 0 aliphatic carbocycles. The second-order valence-corrected chi connectivity index (χ2v) is 4.87. The van der Waals surface area contributed by atoms with E-state index in [9.17, 15) is 4.79 Å². The standard InChI is InChI=1S/C16H26N2O2/c1-4-12-8-7-9-13(5-2)15(12)18-16(20)17-14(6-3)10-11-19/h7-9,14,19H,4-6,10-11H2,1-3H3,(H2,17,18,20). The Morgan fingerprint density at radius 1 is 1.20 bits per heavy atom. The van der Waals surface area contributed by atoms with Crippen LogP contribution >= 0.6 is 0 Å². The van der Waals surface area contributed by atoms with Crippen LogP contribution in [0.5, 0.6) is 0 Å². The molecule has 1 unspecified atom stereocenters. The molecule has 0 fully saturated rings. The average molecular weight is 278 g/mol. The molecule has 0 aromatic heterocycles. The van der Waals surface area contributed by atoms with E-state index in [1.807, 2.05) is 25.1 Å². The van der Waals surface area contributed by atoms with Crippen molar-refractivity contribution in [2.24, 2.45) is 0 Å². The number of rotatable bonds is 7. The first kappa shape index (κ1) is 16.5. The summed E-state index contributed by atoms with van der Waals surface area (Å²) in [6, 6.07) is 5.93. The van der Waals surface area contributed by atoms with E-state index in [2.05, 4.69) is 24.5 Å². The maximum absolute atomic E-state index is 12.1. The molecule has 0 aliphatic rings. The fourth-order valence-corrected chi connectivity index (χ4v) is 2.27. The first-order chi connectivity index (χ1) is 9.65. The van der Waals surface area contributed by atoms with Gasteiger partial charge in [-0.25, -0.2) is 4.79 Å². The summed E-state index contributed by atoms with van der Waals surface area (Å²) < 4.78 is 0. The van der Waals surface area contributed by atoms with Gasteiger partial charge >= 0.3 is 6.03 Å². The third-order valence-electron chi connectivity index (χ3n) is 3.54. The van der Waals surface area contributed by atoms with E-state index in [-0.39, 0.29) is 18.7 Å². The lowest BCUT2D eigenvalue weighted by molar-refractivity contribution is 0.237. The van der Waals surface area contributed by atoms with Crippen LogP contribution in [0.15, 0.2) is 18.2 Å². The fourth-order valence-electron chi connectivity index (χ4n) is 2.27. The van der Waals surface area contributed by atoms with Gasteiger partial charge in [-0.2, -0.15) is 0 Å². The van der Waals surface area contributed by atoms with E-state index in [0.717, 1.165) is 36.1 Å². The van der Waals surface area contributed by atoms with Gasteiger partial charge in [-0.05, 0) is 36.8 Å². The van der Waals surface area contributed by atoms with Crippen LogP contribution in [0.2, 0.25) is 0 Å². The van der Waals surface area contributed by atoms with Crippen molar-refractivity contribution >= 4 is 11.7 Å². The van der Waals surface area contributed by atoms with Crippen LogP contribution in [-0.2, 0) is 12.8 Å². The minimum absolute atomic E-state index is 0.0128. The number of aliphatic hydroxyl groups excluding tert-OH is 1. The van der Waals surface area contributed by atoms with Gasteiger partial charge in [-0.1, -0.05) is 39.0 Å². The SMILES string of the molecule is CCc1cccc(CC)c1NC(=O)NC(CC)CCO. The molecular formula is C16H26N2O2. The molecule has 4 nitrogen and oxygen atoms in total. The summed E-state index contributed by atoms with van der Waals surface area (Å²) in [5.74, 6) is 0. The van der Waals surface area contributed by atoms with Crippen molar-refractivity contribution in [3.05, 3.63) is 29.3 Å². The minimum atomic E-state index is -0.194. The predicted molar refractivity (Wildman–Crippen MR) is 83.1 cm³/mol. The highest BCUT2D eigenvalue weighted by atomic mass is 16.3. The van der Waals surface area contributed by atoms with Crippen molar-refractivity contribution < 1.29 is 9.90 Å². The number of hydrogen-bond donors (Lipinski definition) is 3. The highest BCUT2D eigenvalue weighted by Gasteiger charge is 2.13. The molecule has 0 radical (unpaired) electrons. The van der Waals surface area contributed by atoms with Crippen molar-refractivity contribution in [1.29, 1.82) is 0 Å². The van der Waals surface area contributed by atoms with Gasteiger partial charge in [0.1, 0.15) is 0 Å². The van der Waals surface area contributed by atoms with Crippen LogP contribution in [0.1, 0.15) is 44.7 Å². The molecule has 4 heteroatoms. The number of carbonyl (C=O) groups excluding carboxylic acids is 1. The number of benzene rings is 1. The van der Waals surface area contributed by atoms with Gasteiger partial charge in [-0.3, -0.25) is 0 Å². The van der Waals surface area contributed by atoms with E-state index in [4.69, 9.17) is 5.11 Å². The van der Waals surface area contributed by atoms with Gasteiger partial charge in [0.2, 0.25) is 0 Å². The Morgan fingerprint density at radius 2 is 1.80 bits per heavy atom. The first-order valence-corrected chi connectivity index (χ1v) is 7.45. The van der Waals surface area contributed by atoms with Crippen LogP contribution < -0.4 is 10.6 Å². The molecule has 0 saturated heterocycles. The Hall–Kier alpha value is -1.55. The summed E-state index contributed by atoms with van der Waals surface area (Å²) in [7, 11) is 0. The highest BCUT2D eigenvalue weighted by molar-refractivity contribution is 5.91. The van der Waals surface area contributed by atoms with E-state index in [1.165, 1.54) is 0 Å². The van der Waals surface area contributed by atoms with Gasteiger partial charge in [0, 0.05) is 18.3 Å². The van der Waals surface area contributed by atoms with Crippen LogP contribution in [0.4, 0.5) is 10.5 Å². The smallest absolute Gasteiger partial charge is 0.319 e. The Kier molecular flexibility index (Phi) is 7.09. The number of nitrogens with one attached hydrogen (secondary N) is 2. The summed E-state index contributed by atoms with van der Waals surface area (Å²) in [6.07, 6.45) is 3.17. The van der Waals surface area contributed by atoms with Crippen LogP contribution in [0.25, 0.3) is 0 Å². The van der Waals surface area contributed by atoms with Gasteiger partial charge in [0.25, 0.3) is 0 Å². The normalized spacial score (nSPS) is 12.0. The second-order valence-electron chi connectivity index (χ2n) is 4.87. The molecule has 112 valence electrons. The van der Waals surface area contributed by atoms with E-state index >= 15 is 0 Å². The number of anilines is 1. The lowest BCUT2D eigenvalue weighted by Gasteiger charge is -2.19. The number of aryl methyl sites for hydroxylation is 2. The number of amides is 2. The van der Waals surface area contributed by atoms with Crippen LogP contribution in [-0.4, -0.2) is 23.8 Å². The molecule has 1 aromatic carbocycles. The molecule has 0 saturated carbocycles. The number of aliphatic hydroxyl groups is 1. The molecule has 1 rings (SSSR count). The zero-order chi connectivity index (χ0) is 15.0. The topological polar surface area (TPSA) is 61.4 Å². The van der Waals surface area contributed by atoms with Crippen molar-refractivity contribution in [2.75, 3.05) is 11.9 Å². The van der Waals surface area contributed by atoms with Crippen molar-refractivity contribution in [3.8, 4) is 0 Å². The average Bonchev–Trinajstić information content (AvgIpc) is 2.46. The third kappa shape index (κ3) is 4.53. The summed E-state index contributed by atoms with van der Waals surface area (Å²) in [6.45, 7) is 6.25. The molecule has 20 heavy (non-hydrogen) atoms. The zero-order valence-corrected chi connectivity index (χ0v) is 12.7. The van der Waals surface area contributed by atoms with E-state index < -0.39 is 0 Å². The number of para-hydroxylation sites is 1. The molecule has 0 heterocycles. The summed E-state index contributed by atoms with van der Waals surface area (Å²) in [4.78, 5) is 12.1. The molecule has 2 amide bonds. The summed E-state index contributed by atoms with van der Waals surface area (Å²) >= 11 is 0. The van der Waals surface area contributed by atoms with Crippen molar-refractivity contribution in [2.45, 2.75) is 52.5 Å². The van der Waals surface area contributed by atoms with Gasteiger partial charge in [0.05, 0.1) is 0 Å². The van der Waals surface area contributed by atoms with E-state index in [1.54, 1.807) is 0 Å². The fraction of sp³-hybridized carbons (Fsp3) is 0.562. The lowest BCUT2D eigenvalue weighted by Crippen LogP contribution is -2.38. The molecule has 1 aromatic rings. The minimum Gasteiger partial charge on any atom is -0.396 e. The Labute approximate surface area is 121 Å². The number of urea groups is 1. The molecule has 1 atom stereocenters. The van der Waals surface area contributed by atoms with Crippen LogP contribution in [0.3, 0.4) is 0 Å².